The molecule has 1 aromatic rings. The Morgan fingerprint density at radius 3 is 2.42 bits per heavy atom. The lowest BCUT2D eigenvalue weighted by molar-refractivity contribution is -0.763. The highest BCUT2D eigenvalue weighted by Crippen LogP contribution is 2.08. The van der Waals surface area contributed by atoms with Gasteiger partial charge in [0.2, 0.25) is 5.91 Å². The number of esters is 1. The Kier molecular flexibility index (Phi) is 9.45. The van der Waals surface area contributed by atoms with Crippen molar-refractivity contribution < 1.29 is 24.3 Å². The Morgan fingerprint density at radius 1 is 1.23 bits per heavy atom. The summed E-state index contributed by atoms with van der Waals surface area (Å²) in [6.45, 7) is 3.41. The topological polar surface area (TPSA) is 108 Å². The van der Waals surface area contributed by atoms with Gasteiger partial charge in [0.1, 0.15) is 19.3 Å². The maximum atomic E-state index is 11.9. The van der Waals surface area contributed by atoms with Crippen molar-refractivity contribution in [3.63, 3.8) is 0 Å². The lowest BCUT2D eigenvalue weighted by Gasteiger charge is -2.13. The van der Waals surface area contributed by atoms with Crippen molar-refractivity contribution in [2.45, 2.75) is 52.4 Å². The number of carbonyl (C=O) groups is 2. The van der Waals surface area contributed by atoms with Gasteiger partial charge in [-0.2, -0.15) is 0 Å². The number of hydrogen-bond acceptors (Lipinski definition) is 6. The molecule has 0 aliphatic carbocycles. The second-order valence-corrected chi connectivity index (χ2v) is 5.67. The van der Waals surface area contributed by atoms with Crippen LogP contribution < -0.4 is 5.32 Å². The lowest BCUT2D eigenvalue weighted by atomic mass is 10.1. The van der Waals surface area contributed by atoms with Crippen molar-refractivity contribution in [2.24, 2.45) is 0 Å². The average Bonchev–Trinajstić information content (AvgIpc) is 2.62. The Bertz CT molecular complexity index is 627. The molecule has 0 aliphatic heterocycles. The third-order valence-corrected chi connectivity index (χ3v) is 3.48. The van der Waals surface area contributed by atoms with E-state index in [1.807, 2.05) is 19.1 Å². The van der Waals surface area contributed by atoms with Crippen LogP contribution in [0.3, 0.4) is 0 Å². The van der Waals surface area contributed by atoms with Crippen LogP contribution in [-0.4, -0.2) is 23.0 Å². The van der Waals surface area contributed by atoms with E-state index in [-0.39, 0.29) is 19.1 Å². The fourth-order valence-corrected chi connectivity index (χ4v) is 2.06. The molecule has 0 radical (unpaired) electrons. The van der Waals surface area contributed by atoms with E-state index in [2.05, 4.69) is 10.2 Å². The number of rotatable bonds is 11. The molecular formula is C18H24N2O6. The smallest absolute Gasteiger partial charge is 0.328 e. The molecule has 0 spiro atoms. The van der Waals surface area contributed by atoms with E-state index in [1.54, 1.807) is 31.2 Å². The number of amides is 1. The molecule has 0 aliphatic rings. The molecule has 0 fully saturated rings. The molecule has 1 rings (SSSR count). The minimum Gasteiger partial charge on any atom is -0.459 e. The first-order valence-electron chi connectivity index (χ1n) is 8.34. The van der Waals surface area contributed by atoms with Gasteiger partial charge in [0.15, 0.2) is 0 Å². The van der Waals surface area contributed by atoms with Crippen molar-refractivity contribution in [3.8, 4) is 0 Å². The number of benzene rings is 1. The molecule has 1 aromatic carbocycles. The molecule has 0 saturated heterocycles. The highest BCUT2D eigenvalue weighted by Gasteiger charge is 2.16. The molecule has 0 aromatic heterocycles. The van der Waals surface area contributed by atoms with E-state index < -0.39 is 17.1 Å². The molecule has 0 bridgehead atoms. The summed E-state index contributed by atoms with van der Waals surface area (Å²) < 4.78 is 5.17. The van der Waals surface area contributed by atoms with Crippen LogP contribution in [0.15, 0.2) is 36.4 Å². The van der Waals surface area contributed by atoms with Gasteiger partial charge in [0.05, 0.1) is 0 Å². The van der Waals surface area contributed by atoms with E-state index in [4.69, 9.17) is 4.74 Å². The molecule has 8 heteroatoms. The fourth-order valence-electron chi connectivity index (χ4n) is 2.06. The van der Waals surface area contributed by atoms with E-state index in [0.29, 0.717) is 12.0 Å². The average molecular weight is 364 g/mol. The van der Waals surface area contributed by atoms with Crippen LogP contribution in [0.4, 0.5) is 0 Å². The quantitative estimate of drug-likeness (QED) is 0.213. The first-order chi connectivity index (χ1) is 12.4. The van der Waals surface area contributed by atoms with Crippen molar-refractivity contribution in [1.82, 2.24) is 5.32 Å². The van der Waals surface area contributed by atoms with E-state index in [9.17, 15) is 19.7 Å². The van der Waals surface area contributed by atoms with Gasteiger partial charge in [-0.05, 0) is 37.8 Å². The monoisotopic (exact) mass is 364 g/mol. The SMILES string of the molecule is C/C=C\CCCC(=O)NC(C)C(=O)OCc1ccc(CO[N+](=O)[O-])cc1. The highest BCUT2D eigenvalue weighted by atomic mass is 16.9. The first-order valence-corrected chi connectivity index (χ1v) is 8.34. The number of allylic oxidation sites excluding steroid dienone is 2. The van der Waals surface area contributed by atoms with Gasteiger partial charge in [-0.25, -0.2) is 4.79 Å². The molecule has 8 nitrogen and oxygen atoms in total. The Balaban J connectivity index is 2.33. The summed E-state index contributed by atoms with van der Waals surface area (Å²) in [5.41, 5.74) is 1.36. The zero-order chi connectivity index (χ0) is 19.4. The number of nitrogens with one attached hydrogen (secondary N) is 1. The molecule has 0 saturated carbocycles. The molecule has 1 unspecified atom stereocenters. The molecule has 1 amide bonds. The van der Waals surface area contributed by atoms with Crippen LogP contribution in [0.2, 0.25) is 0 Å². The normalized spacial score (nSPS) is 11.8. The Labute approximate surface area is 152 Å². The van der Waals surface area contributed by atoms with Crippen LogP contribution in [0.5, 0.6) is 0 Å². The van der Waals surface area contributed by atoms with Crippen molar-refractivity contribution in [3.05, 3.63) is 57.7 Å². The largest absolute Gasteiger partial charge is 0.459 e. The van der Waals surface area contributed by atoms with Crippen molar-refractivity contribution >= 4 is 11.9 Å². The van der Waals surface area contributed by atoms with Gasteiger partial charge in [0.25, 0.3) is 5.09 Å². The number of unbranched alkanes of at least 4 members (excludes halogenated alkanes) is 1. The minimum atomic E-state index is -0.855. The molecule has 142 valence electrons. The molecule has 26 heavy (non-hydrogen) atoms. The van der Waals surface area contributed by atoms with Gasteiger partial charge < -0.3 is 14.9 Å². The zero-order valence-corrected chi connectivity index (χ0v) is 15.0. The molecule has 1 N–H and O–H groups in total. The van der Waals surface area contributed by atoms with Crippen LogP contribution in [-0.2, 0) is 32.4 Å². The third kappa shape index (κ3) is 8.81. The number of carbonyl (C=O) groups excluding carboxylic acids is 2. The summed E-state index contributed by atoms with van der Waals surface area (Å²) in [5.74, 6) is -0.707. The summed E-state index contributed by atoms with van der Waals surface area (Å²) in [5, 5.41) is 11.9. The number of nitrogens with zero attached hydrogens (tertiary/aromatic N) is 1. The predicted molar refractivity (Wildman–Crippen MR) is 94.3 cm³/mol. The lowest BCUT2D eigenvalue weighted by Crippen LogP contribution is -2.39. The van der Waals surface area contributed by atoms with Crippen LogP contribution in [0, 0.1) is 10.1 Å². The molecule has 1 atom stereocenters. The zero-order valence-electron chi connectivity index (χ0n) is 15.0. The highest BCUT2D eigenvalue weighted by molar-refractivity contribution is 5.84. The molecule has 0 heterocycles. The predicted octanol–water partition coefficient (Wildman–Crippen LogP) is 2.69. The van der Waals surface area contributed by atoms with Crippen molar-refractivity contribution in [2.75, 3.05) is 0 Å². The van der Waals surface area contributed by atoms with Crippen LogP contribution >= 0.6 is 0 Å². The Morgan fingerprint density at radius 2 is 1.85 bits per heavy atom. The van der Waals surface area contributed by atoms with Gasteiger partial charge in [-0.3, -0.25) is 4.79 Å². The standard InChI is InChI=1S/C18H24N2O6/c1-3-4-5-6-7-17(21)19-14(2)18(22)25-12-15-8-10-16(11-9-15)13-26-20(23)24/h3-4,8-11,14H,5-7,12-13H2,1-2H3,(H,19,21)/b4-3-. The van der Waals surface area contributed by atoms with Gasteiger partial charge in [-0.1, -0.05) is 36.4 Å². The summed E-state index contributed by atoms with van der Waals surface area (Å²) in [6.07, 6.45) is 5.82. The van der Waals surface area contributed by atoms with Gasteiger partial charge in [-0.15, -0.1) is 10.1 Å². The first kappa shape index (κ1) is 21.1. The fraction of sp³-hybridized carbons (Fsp3) is 0.444. The summed E-state index contributed by atoms with van der Waals surface area (Å²) in [7, 11) is 0. The Hall–Kier alpha value is -2.90. The van der Waals surface area contributed by atoms with E-state index in [0.717, 1.165) is 18.4 Å². The van der Waals surface area contributed by atoms with E-state index in [1.165, 1.54) is 0 Å². The number of ether oxygens (including phenoxy) is 1. The van der Waals surface area contributed by atoms with Gasteiger partial charge in [0, 0.05) is 6.42 Å². The summed E-state index contributed by atoms with van der Waals surface area (Å²) >= 11 is 0. The van der Waals surface area contributed by atoms with Crippen LogP contribution in [0.1, 0.15) is 44.2 Å². The second-order valence-electron chi connectivity index (χ2n) is 5.67. The molecular weight excluding hydrogens is 340 g/mol. The minimum absolute atomic E-state index is 0.0523. The maximum Gasteiger partial charge on any atom is 0.328 e. The van der Waals surface area contributed by atoms with Crippen LogP contribution in [0.25, 0.3) is 0 Å². The summed E-state index contributed by atoms with van der Waals surface area (Å²) in [6, 6.07) is 5.97. The number of hydrogen-bond donors (Lipinski definition) is 1. The van der Waals surface area contributed by atoms with E-state index >= 15 is 0 Å². The second kappa shape index (κ2) is 11.6. The van der Waals surface area contributed by atoms with Gasteiger partial charge >= 0.3 is 5.97 Å². The third-order valence-electron chi connectivity index (χ3n) is 3.48. The van der Waals surface area contributed by atoms with Crippen molar-refractivity contribution in [1.29, 1.82) is 0 Å². The maximum absolute atomic E-state index is 11.9. The summed E-state index contributed by atoms with van der Waals surface area (Å²) in [4.78, 5) is 38.1.